The first-order valence-corrected chi connectivity index (χ1v) is 8.66. The first kappa shape index (κ1) is 15.3. The van der Waals surface area contributed by atoms with Crippen LogP contribution in [0, 0.1) is 0 Å². The van der Waals surface area contributed by atoms with E-state index in [0.29, 0.717) is 0 Å². The van der Waals surface area contributed by atoms with Gasteiger partial charge in [-0.15, -0.1) is 0 Å². The smallest absolute Gasteiger partial charge is 0.195 e. The third-order valence-corrected chi connectivity index (χ3v) is 6.40. The van der Waals surface area contributed by atoms with Crippen LogP contribution in [0.5, 0.6) is 0 Å². The van der Waals surface area contributed by atoms with Gasteiger partial charge in [0.15, 0.2) is 5.69 Å². The average molecular weight is 294 g/mol. The summed E-state index contributed by atoms with van der Waals surface area (Å²) in [5.41, 5.74) is 6.05. The largest absolute Gasteiger partial charge is 0.212 e. The number of hydrogen-bond acceptors (Lipinski definition) is 0. The Bertz CT molecular complexity index is 703. The van der Waals surface area contributed by atoms with Crippen LogP contribution in [0.1, 0.15) is 58.7 Å². The topological polar surface area (TPSA) is 3.88 Å². The van der Waals surface area contributed by atoms with Crippen molar-refractivity contribution >= 4 is 0 Å². The van der Waals surface area contributed by atoms with Gasteiger partial charge in [-0.25, -0.2) is 0 Å². The second-order valence-electron chi connectivity index (χ2n) is 6.96. The van der Waals surface area contributed by atoms with Crippen molar-refractivity contribution in [3.05, 3.63) is 53.7 Å². The molecule has 1 nitrogen and oxygen atoms in total. The number of nitrogens with zero attached hydrogens (tertiary/aromatic N) is 1. The van der Waals surface area contributed by atoms with Crippen molar-refractivity contribution in [2.24, 2.45) is 0 Å². The highest BCUT2D eigenvalue weighted by Gasteiger charge is 2.52. The summed E-state index contributed by atoms with van der Waals surface area (Å²) in [7, 11) is 0. The molecule has 2 heterocycles. The molecule has 1 aromatic carbocycles. The second-order valence-corrected chi connectivity index (χ2v) is 6.96. The summed E-state index contributed by atoms with van der Waals surface area (Å²) in [5.74, 6) is 0. The number of benzene rings is 1. The van der Waals surface area contributed by atoms with E-state index < -0.39 is 0 Å². The summed E-state index contributed by atoms with van der Waals surface area (Å²) < 4.78 is 2.53. The van der Waals surface area contributed by atoms with Crippen LogP contribution in [0.4, 0.5) is 0 Å². The molecule has 0 amide bonds. The highest BCUT2D eigenvalue weighted by atomic mass is 15.0. The van der Waals surface area contributed by atoms with E-state index >= 15 is 0 Å². The Morgan fingerprint density at radius 2 is 1.50 bits per heavy atom. The lowest BCUT2D eigenvalue weighted by Crippen LogP contribution is -2.51. The van der Waals surface area contributed by atoms with Crippen LogP contribution < -0.4 is 4.57 Å². The highest BCUT2D eigenvalue weighted by molar-refractivity contribution is 5.65. The molecule has 0 saturated carbocycles. The summed E-state index contributed by atoms with van der Waals surface area (Å²) in [5, 5.41) is 0. The van der Waals surface area contributed by atoms with Gasteiger partial charge in [0.05, 0.1) is 5.41 Å². The van der Waals surface area contributed by atoms with Crippen molar-refractivity contribution < 1.29 is 4.57 Å². The number of pyridine rings is 1. The van der Waals surface area contributed by atoms with Crippen molar-refractivity contribution in [1.82, 2.24) is 0 Å². The molecule has 1 heteroatoms. The molecule has 0 aliphatic carbocycles. The van der Waals surface area contributed by atoms with E-state index in [4.69, 9.17) is 0 Å². The third-order valence-electron chi connectivity index (χ3n) is 6.40. The van der Waals surface area contributed by atoms with E-state index in [1.54, 1.807) is 0 Å². The lowest BCUT2D eigenvalue weighted by molar-refractivity contribution is -0.693. The lowest BCUT2D eigenvalue weighted by atomic mass is 9.57. The number of hydrogen-bond donors (Lipinski definition) is 0. The SMILES string of the molecule is CC[n+]1c2cccc1C(C)(CC)C(C)(CC)c1ccccc1-2. The van der Waals surface area contributed by atoms with Gasteiger partial charge < -0.3 is 0 Å². The lowest BCUT2D eigenvalue weighted by Gasteiger charge is -2.43. The molecule has 0 fully saturated rings. The van der Waals surface area contributed by atoms with Crippen LogP contribution >= 0.6 is 0 Å². The molecule has 0 spiro atoms. The summed E-state index contributed by atoms with van der Waals surface area (Å²) in [6.07, 6.45) is 2.30. The number of fused-ring (bicyclic) bond motifs is 4. The molecule has 0 radical (unpaired) electrons. The highest BCUT2D eigenvalue weighted by Crippen LogP contribution is 2.51. The molecule has 2 atom stereocenters. The minimum atomic E-state index is 0.139. The molecule has 1 aromatic heterocycles. The van der Waals surface area contributed by atoms with Gasteiger partial charge in [0.1, 0.15) is 6.54 Å². The van der Waals surface area contributed by atoms with Gasteiger partial charge in [-0.1, -0.05) is 39.0 Å². The maximum absolute atomic E-state index is 2.53. The van der Waals surface area contributed by atoms with Crippen LogP contribution in [-0.4, -0.2) is 0 Å². The summed E-state index contributed by atoms with van der Waals surface area (Å²) in [4.78, 5) is 0. The monoisotopic (exact) mass is 294 g/mol. The minimum Gasteiger partial charge on any atom is -0.195 e. The van der Waals surface area contributed by atoms with Crippen molar-refractivity contribution in [2.75, 3.05) is 0 Å². The molecule has 2 bridgehead atoms. The van der Waals surface area contributed by atoms with E-state index in [1.165, 1.54) is 22.5 Å². The Labute approximate surface area is 135 Å². The van der Waals surface area contributed by atoms with Gasteiger partial charge in [-0.2, -0.15) is 4.57 Å². The Morgan fingerprint density at radius 1 is 0.818 bits per heavy atom. The summed E-state index contributed by atoms with van der Waals surface area (Å²) >= 11 is 0. The minimum absolute atomic E-state index is 0.139. The predicted molar refractivity (Wildman–Crippen MR) is 93.0 cm³/mol. The molecule has 0 saturated heterocycles. The van der Waals surface area contributed by atoms with Crippen LogP contribution in [0.15, 0.2) is 42.5 Å². The van der Waals surface area contributed by atoms with Gasteiger partial charge in [0.2, 0.25) is 5.69 Å². The zero-order chi connectivity index (χ0) is 16.0. The fraction of sp³-hybridized carbons (Fsp3) is 0.476. The maximum atomic E-state index is 2.53. The zero-order valence-corrected chi connectivity index (χ0v) is 14.6. The normalized spacial score (nSPS) is 26.4. The third kappa shape index (κ3) is 1.74. The van der Waals surface area contributed by atoms with Crippen LogP contribution in [-0.2, 0) is 17.4 Å². The molecule has 0 N–H and O–H groups in total. The van der Waals surface area contributed by atoms with Gasteiger partial charge >= 0.3 is 0 Å². The Morgan fingerprint density at radius 3 is 2.14 bits per heavy atom. The summed E-state index contributed by atoms with van der Waals surface area (Å²) in [6.45, 7) is 12.9. The van der Waals surface area contributed by atoms with E-state index in [1.807, 2.05) is 0 Å². The van der Waals surface area contributed by atoms with E-state index in [0.717, 1.165) is 19.4 Å². The quantitative estimate of drug-likeness (QED) is 0.701. The van der Waals surface area contributed by atoms with Crippen molar-refractivity contribution in [3.8, 4) is 11.3 Å². The van der Waals surface area contributed by atoms with Crippen molar-refractivity contribution in [2.45, 2.75) is 64.8 Å². The Hall–Kier alpha value is -1.63. The van der Waals surface area contributed by atoms with Gasteiger partial charge in [-0.3, -0.25) is 0 Å². The first-order valence-electron chi connectivity index (χ1n) is 8.66. The van der Waals surface area contributed by atoms with Crippen LogP contribution in [0.3, 0.4) is 0 Å². The fourth-order valence-corrected chi connectivity index (χ4v) is 4.52. The summed E-state index contributed by atoms with van der Waals surface area (Å²) in [6, 6.07) is 15.9. The molecule has 1 aliphatic rings. The van der Waals surface area contributed by atoms with Gasteiger partial charge in [0.25, 0.3) is 0 Å². The Balaban J connectivity index is 2.50. The van der Waals surface area contributed by atoms with E-state index in [2.05, 4.69) is 81.7 Å². The first-order chi connectivity index (χ1) is 10.5. The van der Waals surface area contributed by atoms with E-state index in [9.17, 15) is 0 Å². The molecular formula is C21H28N+. The van der Waals surface area contributed by atoms with Crippen molar-refractivity contribution in [1.29, 1.82) is 0 Å². The number of rotatable bonds is 3. The maximum Gasteiger partial charge on any atom is 0.212 e. The second kappa shape index (κ2) is 5.22. The number of aromatic nitrogens is 1. The molecule has 22 heavy (non-hydrogen) atoms. The van der Waals surface area contributed by atoms with Crippen LogP contribution in [0.2, 0.25) is 0 Å². The molecule has 2 aromatic rings. The van der Waals surface area contributed by atoms with Gasteiger partial charge in [0, 0.05) is 23.1 Å². The Kier molecular flexibility index (Phi) is 3.63. The van der Waals surface area contributed by atoms with E-state index in [-0.39, 0.29) is 10.8 Å². The standard InChI is InChI=1S/C21H28N/c1-6-20(4)17-13-10-9-12-16(17)18-14-11-15-19(22(18)8-3)21(20,5)7-2/h9-15H,6-8H2,1-5H3/q+1. The van der Waals surface area contributed by atoms with Crippen molar-refractivity contribution in [3.63, 3.8) is 0 Å². The molecule has 3 rings (SSSR count). The van der Waals surface area contributed by atoms with Gasteiger partial charge in [-0.05, 0) is 44.4 Å². The van der Waals surface area contributed by atoms with Crippen LogP contribution in [0.25, 0.3) is 11.3 Å². The molecule has 116 valence electrons. The zero-order valence-electron chi connectivity index (χ0n) is 14.6. The predicted octanol–water partition coefficient (Wildman–Crippen LogP) is 5.01. The molecular weight excluding hydrogens is 266 g/mol. The molecule has 2 unspecified atom stereocenters. The fourth-order valence-electron chi connectivity index (χ4n) is 4.52. The molecule has 1 aliphatic heterocycles. The average Bonchev–Trinajstić information content (AvgIpc) is 2.61.